The number of benzene rings is 2. The smallest absolute Gasteiger partial charge is 0.257 e. The zero-order valence-corrected chi connectivity index (χ0v) is 14.3. The van der Waals surface area contributed by atoms with Gasteiger partial charge in [-0.15, -0.1) is 0 Å². The molecule has 24 heavy (non-hydrogen) atoms. The number of amides is 1. The molecule has 1 amide bonds. The highest BCUT2D eigenvalue weighted by molar-refractivity contribution is 7.89. The molecule has 2 aromatic rings. The summed E-state index contributed by atoms with van der Waals surface area (Å²) in [5.74, 6) is -3.18. The molecule has 1 N–H and O–H groups in total. The van der Waals surface area contributed by atoms with Crippen molar-refractivity contribution in [3.63, 3.8) is 0 Å². The van der Waals surface area contributed by atoms with E-state index < -0.39 is 27.6 Å². The number of anilines is 1. The molecule has 128 valence electrons. The number of sulfonamides is 1. The van der Waals surface area contributed by atoms with Gasteiger partial charge in [0, 0.05) is 19.8 Å². The maximum absolute atomic E-state index is 13.3. The van der Waals surface area contributed by atoms with Crippen molar-refractivity contribution in [2.24, 2.45) is 0 Å². The second-order valence-electron chi connectivity index (χ2n) is 5.02. The quantitative estimate of drug-likeness (QED) is 0.836. The first-order chi connectivity index (χ1) is 11.1. The van der Waals surface area contributed by atoms with E-state index in [0.29, 0.717) is 12.1 Å². The predicted molar refractivity (Wildman–Crippen MR) is 86.6 cm³/mol. The standard InChI is InChI=1S/C15H13ClF2N2O3S/c1-20(2)24(22,23)10-5-3-4-9(6-10)19-15(21)11-7-13(17)14(18)8-12(11)16/h3-8H,1-2H3,(H,19,21). The van der Waals surface area contributed by atoms with Crippen LogP contribution in [-0.4, -0.2) is 32.7 Å². The summed E-state index contributed by atoms with van der Waals surface area (Å²) in [6.45, 7) is 0. The maximum Gasteiger partial charge on any atom is 0.257 e. The van der Waals surface area contributed by atoms with Gasteiger partial charge in [-0.05, 0) is 30.3 Å². The van der Waals surface area contributed by atoms with Crippen LogP contribution < -0.4 is 5.32 Å². The first kappa shape index (κ1) is 18.3. The number of nitrogens with one attached hydrogen (secondary N) is 1. The SMILES string of the molecule is CN(C)S(=O)(=O)c1cccc(NC(=O)c2cc(F)c(F)cc2Cl)c1. The van der Waals surface area contributed by atoms with Gasteiger partial charge in [0.1, 0.15) is 0 Å². The molecular formula is C15H13ClF2N2O3S. The van der Waals surface area contributed by atoms with Crippen LogP contribution in [0.4, 0.5) is 14.5 Å². The van der Waals surface area contributed by atoms with E-state index in [9.17, 15) is 22.0 Å². The molecule has 0 atom stereocenters. The van der Waals surface area contributed by atoms with Crippen molar-refractivity contribution in [1.82, 2.24) is 4.31 Å². The Bertz CT molecular complexity index is 902. The topological polar surface area (TPSA) is 66.5 Å². The molecule has 0 saturated carbocycles. The summed E-state index contributed by atoms with van der Waals surface area (Å²) in [4.78, 5) is 12.1. The van der Waals surface area contributed by atoms with Gasteiger partial charge in [0.25, 0.3) is 5.91 Å². The molecule has 0 fully saturated rings. The van der Waals surface area contributed by atoms with Crippen molar-refractivity contribution in [3.05, 3.63) is 58.6 Å². The van der Waals surface area contributed by atoms with E-state index in [-0.39, 0.29) is 21.2 Å². The Morgan fingerprint density at radius 3 is 2.38 bits per heavy atom. The normalized spacial score (nSPS) is 11.6. The summed E-state index contributed by atoms with van der Waals surface area (Å²) in [6, 6.07) is 6.89. The minimum atomic E-state index is -3.67. The highest BCUT2D eigenvalue weighted by Crippen LogP contribution is 2.23. The molecular weight excluding hydrogens is 362 g/mol. The van der Waals surface area contributed by atoms with Gasteiger partial charge in [0.05, 0.1) is 15.5 Å². The van der Waals surface area contributed by atoms with Gasteiger partial charge in [0.15, 0.2) is 11.6 Å². The molecule has 2 rings (SSSR count). The van der Waals surface area contributed by atoms with Crippen LogP contribution in [0.5, 0.6) is 0 Å². The fourth-order valence-electron chi connectivity index (χ4n) is 1.84. The van der Waals surface area contributed by atoms with Crippen LogP contribution in [0, 0.1) is 11.6 Å². The summed E-state index contributed by atoms with van der Waals surface area (Å²) < 4.78 is 51.5. The Morgan fingerprint density at radius 2 is 1.75 bits per heavy atom. The number of nitrogens with zero attached hydrogens (tertiary/aromatic N) is 1. The highest BCUT2D eigenvalue weighted by Gasteiger charge is 2.19. The molecule has 5 nitrogen and oxygen atoms in total. The second-order valence-corrected chi connectivity index (χ2v) is 7.57. The molecule has 0 aliphatic carbocycles. The summed E-state index contributed by atoms with van der Waals surface area (Å²) in [5, 5.41) is 2.14. The molecule has 0 spiro atoms. The minimum Gasteiger partial charge on any atom is -0.322 e. The van der Waals surface area contributed by atoms with E-state index in [0.717, 1.165) is 4.31 Å². The zero-order valence-electron chi connectivity index (χ0n) is 12.7. The van der Waals surface area contributed by atoms with E-state index in [1.165, 1.54) is 38.4 Å². The average Bonchev–Trinajstić information content (AvgIpc) is 2.50. The minimum absolute atomic E-state index is 0.0262. The fraction of sp³-hybridized carbons (Fsp3) is 0.133. The maximum atomic E-state index is 13.3. The molecule has 0 aliphatic heterocycles. The number of carbonyl (C=O) groups excluding carboxylic acids is 1. The molecule has 0 bridgehead atoms. The van der Waals surface area contributed by atoms with Crippen LogP contribution in [0.25, 0.3) is 0 Å². The molecule has 0 aromatic heterocycles. The third-order valence-electron chi connectivity index (χ3n) is 3.13. The summed E-state index contributed by atoms with van der Waals surface area (Å²) in [7, 11) is -0.921. The van der Waals surface area contributed by atoms with Crippen molar-refractivity contribution < 1.29 is 22.0 Å². The summed E-state index contributed by atoms with van der Waals surface area (Å²) in [6.07, 6.45) is 0. The number of rotatable bonds is 4. The van der Waals surface area contributed by atoms with Crippen LogP contribution in [0.3, 0.4) is 0 Å². The van der Waals surface area contributed by atoms with Gasteiger partial charge in [-0.2, -0.15) is 0 Å². The molecule has 0 aliphatic rings. The van der Waals surface area contributed by atoms with E-state index >= 15 is 0 Å². The molecule has 0 unspecified atom stereocenters. The largest absolute Gasteiger partial charge is 0.322 e. The fourth-order valence-corrected chi connectivity index (χ4v) is 3.02. The van der Waals surface area contributed by atoms with Crippen molar-refractivity contribution in [3.8, 4) is 0 Å². The molecule has 0 saturated heterocycles. The van der Waals surface area contributed by atoms with Crippen LogP contribution in [0.15, 0.2) is 41.3 Å². The highest BCUT2D eigenvalue weighted by atomic mass is 35.5. The van der Waals surface area contributed by atoms with E-state index in [4.69, 9.17) is 11.6 Å². The lowest BCUT2D eigenvalue weighted by molar-refractivity contribution is 0.102. The van der Waals surface area contributed by atoms with Crippen LogP contribution in [0.1, 0.15) is 10.4 Å². The van der Waals surface area contributed by atoms with Gasteiger partial charge in [0.2, 0.25) is 10.0 Å². The Kier molecular flexibility index (Phi) is 5.22. The van der Waals surface area contributed by atoms with Gasteiger partial charge in [-0.3, -0.25) is 4.79 Å². The third kappa shape index (κ3) is 3.72. The van der Waals surface area contributed by atoms with E-state index in [2.05, 4.69) is 5.32 Å². The molecule has 0 heterocycles. The van der Waals surface area contributed by atoms with Crippen molar-refractivity contribution >= 4 is 33.2 Å². The third-order valence-corrected chi connectivity index (χ3v) is 5.25. The monoisotopic (exact) mass is 374 g/mol. The van der Waals surface area contributed by atoms with Gasteiger partial charge in [-0.25, -0.2) is 21.5 Å². The predicted octanol–water partition coefficient (Wildman–Crippen LogP) is 3.12. The molecule has 2 aromatic carbocycles. The Morgan fingerprint density at radius 1 is 1.12 bits per heavy atom. The number of hydrogen-bond donors (Lipinski definition) is 1. The van der Waals surface area contributed by atoms with Crippen LogP contribution in [-0.2, 0) is 10.0 Å². The Hall–Kier alpha value is -2.03. The Labute approximate surface area is 142 Å². The molecule has 0 radical (unpaired) electrons. The lowest BCUT2D eigenvalue weighted by Crippen LogP contribution is -2.22. The van der Waals surface area contributed by atoms with Crippen molar-refractivity contribution in [1.29, 1.82) is 0 Å². The second kappa shape index (κ2) is 6.84. The van der Waals surface area contributed by atoms with Crippen LogP contribution >= 0.6 is 11.6 Å². The Balaban J connectivity index is 2.33. The summed E-state index contributed by atoms with van der Waals surface area (Å²) in [5.41, 5.74) is -0.0971. The number of hydrogen-bond acceptors (Lipinski definition) is 3. The lowest BCUT2D eigenvalue weighted by Gasteiger charge is -2.13. The number of carbonyl (C=O) groups is 1. The zero-order chi connectivity index (χ0) is 18.1. The first-order valence-electron chi connectivity index (χ1n) is 6.61. The van der Waals surface area contributed by atoms with Crippen molar-refractivity contribution in [2.45, 2.75) is 4.90 Å². The van der Waals surface area contributed by atoms with Crippen LogP contribution in [0.2, 0.25) is 5.02 Å². The van der Waals surface area contributed by atoms with Gasteiger partial charge in [-0.1, -0.05) is 17.7 Å². The van der Waals surface area contributed by atoms with E-state index in [1.54, 1.807) is 0 Å². The average molecular weight is 375 g/mol. The van der Waals surface area contributed by atoms with Gasteiger partial charge >= 0.3 is 0 Å². The first-order valence-corrected chi connectivity index (χ1v) is 8.43. The number of halogens is 3. The van der Waals surface area contributed by atoms with E-state index in [1.807, 2.05) is 0 Å². The van der Waals surface area contributed by atoms with Crippen molar-refractivity contribution in [2.75, 3.05) is 19.4 Å². The van der Waals surface area contributed by atoms with Gasteiger partial charge < -0.3 is 5.32 Å². The summed E-state index contributed by atoms with van der Waals surface area (Å²) >= 11 is 5.74. The molecule has 9 heteroatoms. The lowest BCUT2D eigenvalue weighted by atomic mass is 10.2.